The number of aryl methyl sites for hydroxylation is 1. The molecule has 3 rings (SSSR count). The molecule has 0 saturated heterocycles. The monoisotopic (exact) mass is 397 g/mol. The van der Waals surface area contributed by atoms with Crippen molar-refractivity contribution in [1.82, 2.24) is 20.2 Å². The maximum absolute atomic E-state index is 13.5. The van der Waals surface area contributed by atoms with Crippen LogP contribution in [-0.4, -0.2) is 27.7 Å². The van der Waals surface area contributed by atoms with E-state index in [-0.39, 0.29) is 23.8 Å². The van der Waals surface area contributed by atoms with Gasteiger partial charge < -0.3 is 15.2 Å². The number of carbonyl (C=O) groups excluding carboxylic acids is 1. The highest BCUT2D eigenvalue weighted by molar-refractivity contribution is 5.98. The van der Waals surface area contributed by atoms with Gasteiger partial charge in [-0.2, -0.15) is 0 Å². The van der Waals surface area contributed by atoms with Crippen molar-refractivity contribution in [1.29, 1.82) is 0 Å². The zero-order chi connectivity index (χ0) is 21.3. The molecular weight excluding hydrogens is 369 g/mol. The Morgan fingerprint density at radius 3 is 2.62 bits per heavy atom. The molecule has 1 aromatic carbocycles. The van der Waals surface area contributed by atoms with Crippen LogP contribution in [0.25, 0.3) is 11.0 Å². The zero-order valence-electron chi connectivity index (χ0n) is 17.7. The average molecular weight is 397 g/mol. The number of rotatable bonds is 7. The summed E-state index contributed by atoms with van der Waals surface area (Å²) in [5.41, 5.74) is 3.63. The molecule has 1 aromatic heterocycles. The second-order valence-electron chi connectivity index (χ2n) is 8.10. The number of amides is 1. The van der Waals surface area contributed by atoms with Crippen LogP contribution in [0.3, 0.4) is 0 Å². The molecule has 2 N–H and O–H groups in total. The van der Waals surface area contributed by atoms with Crippen molar-refractivity contribution < 1.29 is 9.18 Å². The van der Waals surface area contributed by atoms with E-state index >= 15 is 0 Å². The molecule has 0 unspecified atom stereocenters. The van der Waals surface area contributed by atoms with Gasteiger partial charge in [0.05, 0.1) is 17.6 Å². The quantitative estimate of drug-likeness (QED) is 0.425. The van der Waals surface area contributed by atoms with Gasteiger partial charge in [0.15, 0.2) is 0 Å². The van der Waals surface area contributed by atoms with Crippen LogP contribution in [0.15, 0.2) is 45.7 Å². The van der Waals surface area contributed by atoms with Gasteiger partial charge in [-0.1, -0.05) is 5.57 Å². The number of imidazole rings is 1. The summed E-state index contributed by atoms with van der Waals surface area (Å²) in [4.78, 5) is 21.6. The number of hydrogen-bond donors (Lipinski definition) is 2. The van der Waals surface area contributed by atoms with Crippen molar-refractivity contribution in [2.75, 3.05) is 0 Å². The second-order valence-corrected chi connectivity index (χ2v) is 8.10. The molecule has 0 spiro atoms. The predicted molar refractivity (Wildman–Crippen MR) is 114 cm³/mol. The normalized spacial score (nSPS) is 15.5. The Bertz CT molecular complexity index is 1040. The van der Waals surface area contributed by atoms with E-state index in [0.717, 1.165) is 29.5 Å². The highest BCUT2D eigenvalue weighted by Gasteiger charge is 2.38. The van der Waals surface area contributed by atoms with Gasteiger partial charge in [0, 0.05) is 29.8 Å². The van der Waals surface area contributed by atoms with Gasteiger partial charge in [-0.25, -0.2) is 14.4 Å². The van der Waals surface area contributed by atoms with Crippen molar-refractivity contribution in [2.45, 2.75) is 52.6 Å². The van der Waals surface area contributed by atoms with Crippen molar-refractivity contribution in [2.24, 2.45) is 12.0 Å². The van der Waals surface area contributed by atoms with Gasteiger partial charge in [0.25, 0.3) is 5.91 Å². The number of aromatic nitrogens is 2. The summed E-state index contributed by atoms with van der Waals surface area (Å²) < 4.78 is 15.3. The van der Waals surface area contributed by atoms with Crippen LogP contribution in [0.2, 0.25) is 0 Å². The first-order valence-corrected chi connectivity index (χ1v) is 9.68. The lowest BCUT2D eigenvalue weighted by Crippen LogP contribution is -2.30. The molecule has 1 heterocycles. The summed E-state index contributed by atoms with van der Waals surface area (Å²) in [7, 11) is 1.85. The Kier molecular flexibility index (Phi) is 5.59. The summed E-state index contributed by atoms with van der Waals surface area (Å²) in [5.74, 6) is 0.749. The van der Waals surface area contributed by atoms with E-state index < -0.39 is 0 Å². The Morgan fingerprint density at radius 1 is 1.34 bits per heavy atom. The Morgan fingerprint density at radius 2 is 2.03 bits per heavy atom. The molecule has 154 valence electrons. The van der Waals surface area contributed by atoms with Gasteiger partial charge in [-0.3, -0.25) is 4.79 Å². The third kappa shape index (κ3) is 4.39. The Hall–Kier alpha value is -2.96. The molecule has 0 aliphatic heterocycles. The number of nitrogens with one attached hydrogen (secondary N) is 2. The predicted octanol–water partition coefficient (Wildman–Crippen LogP) is 3.74. The number of hydrogen-bond acceptors (Lipinski definition) is 4. The van der Waals surface area contributed by atoms with Crippen LogP contribution in [0.5, 0.6) is 0 Å². The van der Waals surface area contributed by atoms with E-state index in [9.17, 15) is 9.18 Å². The van der Waals surface area contributed by atoms with Crippen molar-refractivity contribution in [3.05, 3.63) is 52.4 Å². The van der Waals surface area contributed by atoms with Crippen LogP contribution in [0, 0.1) is 5.82 Å². The highest BCUT2D eigenvalue weighted by atomic mass is 19.1. The number of aliphatic imine (C=N–C) groups is 1. The van der Waals surface area contributed by atoms with Crippen LogP contribution >= 0.6 is 0 Å². The SMILES string of the molecule is C=N/C(NC1(C)CC1)=C(\C)C(C(=O)NCc1nc2cc(F)ccc2n1C)=C(C)C. The molecule has 1 aliphatic carbocycles. The summed E-state index contributed by atoms with van der Waals surface area (Å²) in [6.45, 7) is 11.7. The molecule has 1 saturated carbocycles. The number of nitrogens with zero attached hydrogens (tertiary/aromatic N) is 3. The maximum atomic E-state index is 13.5. The summed E-state index contributed by atoms with van der Waals surface area (Å²) in [6.07, 6.45) is 2.14. The van der Waals surface area contributed by atoms with E-state index in [2.05, 4.69) is 34.3 Å². The van der Waals surface area contributed by atoms with Gasteiger partial charge in [-0.05, 0) is 59.4 Å². The van der Waals surface area contributed by atoms with Crippen LogP contribution in [-0.2, 0) is 18.4 Å². The second kappa shape index (κ2) is 7.81. The minimum atomic E-state index is -0.333. The Balaban J connectivity index is 1.81. The molecule has 2 aromatic rings. The topological polar surface area (TPSA) is 71.3 Å². The van der Waals surface area contributed by atoms with Crippen LogP contribution < -0.4 is 10.6 Å². The summed E-state index contributed by atoms with van der Waals surface area (Å²) in [5, 5.41) is 6.33. The first kappa shape index (κ1) is 20.8. The van der Waals surface area contributed by atoms with Crippen molar-refractivity contribution in [3.63, 3.8) is 0 Å². The molecule has 0 bridgehead atoms. The number of benzene rings is 1. The van der Waals surface area contributed by atoms with E-state index in [0.29, 0.717) is 22.7 Å². The first-order valence-electron chi connectivity index (χ1n) is 9.68. The molecular formula is C22H28FN5O. The largest absolute Gasteiger partial charge is 0.365 e. The van der Waals surface area contributed by atoms with Gasteiger partial charge in [0.1, 0.15) is 17.5 Å². The fourth-order valence-corrected chi connectivity index (χ4v) is 3.37. The van der Waals surface area contributed by atoms with Gasteiger partial charge in [0.2, 0.25) is 0 Å². The molecule has 1 aliphatic rings. The lowest BCUT2D eigenvalue weighted by Gasteiger charge is -2.18. The molecule has 6 nitrogen and oxygen atoms in total. The summed E-state index contributed by atoms with van der Waals surface area (Å²) >= 11 is 0. The first-order chi connectivity index (χ1) is 13.6. The Labute approximate surface area is 170 Å². The van der Waals surface area contributed by atoms with Crippen LogP contribution in [0.1, 0.15) is 46.4 Å². The average Bonchev–Trinajstić information content (AvgIpc) is 3.31. The van der Waals surface area contributed by atoms with Crippen molar-refractivity contribution in [3.8, 4) is 0 Å². The number of allylic oxidation sites excluding steroid dienone is 1. The smallest absolute Gasteiger partial charge is 0.251 e. The zero-order valence-corrected chi connectivity index (χ0v) is 17.7. The standard InChI is InChI=1S/C22H28FN5O/c1-13(2)19(14(3)20(24-5)27-22(4)9-10-22)21(29)25-12-18-26-16-11-15(23)7-8-17(16)28(18)6/h7-8,11,27H,5,9-10,12H2,1-4,6H3,(H,25,29)/b20-14-. The molecule has 0 atom stereocenters. The minimum absolute atomic E-state index is 0.0311. The molecule has 7 heteroatoms. The fraction of sp³-hybridized carbons (Fsp3) is 0.409. The highest BCUT2D eigenvalue weighted by Crippen LogP contribution is 2.36. The lowest BCUT2D eigenvalue weighted by atomic mass is 10.0. The molecule has 0 radical (unpaired) electrons. The van der Waals surface area contributed by atoms with Gasteiger partial charge >= 0.3 is 0 Å². The van der Waals surface area contributed by atoms with Crippen LogP contribution in [0.4, 0.5) is 4.39 Å². The number of carbonyl (C=O) groups is 1. The third-order valence-electron chi connectivity index (χ3n) is 5.38. The van der Waals surface area contributed by atoms with E-state index in [1.165, 1.54) is 12.1 Å². The number of halogens is 1. The summed E-state index contributed by atoms with van der Waals surface area (Å²) in [6, 6.07) is 4.48. The minimum Gasteiger partial charge on any atom is -0.365 e. The maximum Gasteiger partial charge on any atom is 0.251 e. The number of fused-ring (bicyclic) bond motifs is 1. The fourth-order valence-electron chi connectivity index (χ4n) is 3.37. The molecule has 1 amide bonds. The lowest BCUT2D eigenvalue weighted by molar-refractivity contribution is -0.117. The van der Waals surface area contributed by atoms with E-state index in [1.807, 2.05) is 32.4 Å². The molecule has 29 heavy (non-hydrogen) atoms. The van der Waals surface area contributed by atoms with E-state index in [4.69, 9.17) is 0 Å². The molecule has 1 fully saturated rings. The third-order valence-corrected chi connectivity index (χ3v) is 5.38. The van der Waals surface area contributed by atoms with Crippen molar-refractivity contribution >= 4 is 23.7 Å². The van der Waals surface area contributed by atoms with Gasteiger partial charge in [-0.15, -0.1) is 0 Å². The van der Waals surface area contributed by atoms with E-state index in [1.54, 1.807) is 6.07 Å².